The van der Waals surface area contributed by atoms with Crippen LogP contribution in [-0.2, 0) is 4.79 Å². The number of hydrogen-bond donors (Lipinski definition) is 2. The lowest BCUT2D eigenvalue weighted by molar-refractivity contribution is -0.129. The number of primary amides is 1. The van der Waals surface area contributed by atoms with E-state index < -0.39 is 11.4 Å². The van der Waals surface area contributed by atoms with Gasteiger partial charge in [-0.2, -0.15) is 0 Å². The van der Waals surface area contributed by atoms with E-state index in [0.717, 1.165) is 6.42 Å². The first-order valence-corrected chi connectivity index (χ1v) is 7.67. The van der Waals surface area contributed by atoms with E-state index in [-0.39, 0.29) is 17.9 Å². The number of carbonyl (C=O) groups excluding carboxylic acids is 2. The zero-order valence-electron chi connectivity index (χ0n) is 13.5. The number of urea groups is 1. The maximum absolute atomic E-state index is 12.2. The van der Waals surface area contributed by atoms with E-state index in [1.807, 2.05) is 39.0 Å². The second-order valence-corrected chi connectivity index (χ2v) is 7.01. The number of nitrogens with zero attached hydrogens (tertiary/aromatic N) is 1. The molecule has 0 saturated carbocycles. The van der Waals surface area contributed by atoms with E-state index in [9.17, 15) is 9.59 Å². The summed E-state index contributed by atoms with van der Waals surface area (Å²) in [6, 6.07) is 9.55. The number of nitrogens with two attached hydrogens (primary N) is 1. The van der Waals surface area contributed by atoms with Crippen molar-refractivity contribution in [1.82, 2.24) is 10.2 Å². The summed E-state index contributed by atoms with van der Waals surface area (Å²) >= 11 is 0. The van der Waals surface area contributed by atoms with Crippen molar-refractivity contribution in [2.45, 2.75) is 39.2 Å². The molecule has 0 aliphatic carbocycles. The van der Waals surface area contributed by atoms with Gasteiger partial charge in [0.25, 0.3) is 0 Å². The van der Waals surface area contributed by atoms with Crippen LogP contribution < -0.4 is 11.1 Å². The maximum Gasteiger partial charge on any atom is 0.314 e. The fourth-order valence-electron chi connectivity index (χ4n) is 2.75. The van der Waals surface area contributed by atoms with Crippen LogP contribution in [0.1, 0.15) is 38.7 Å². The Bertz CT molecular complexity index is 537. The van der Waals surface area contributed by atoms with Gasteiger partial charge in [-0.25, -0.2) is 4.79 Å². The zero-order chi connectivity index (χ0) is 16.3. The molecule has 1 fully saturated rings. The summed E-state index contributed by atoms with van der Waals surface area (Å²) in [6.07, 6.45) is 0.815. The Morgan fingerprint density at radius 3 is 2.36 bits per heavy atom. The molecular weight excluding hydrogens is 278 g/mol. The van der Waals surface area contributed by atoms with Crippen LogP contribution in [-0.4, -0.2) is 36.0 Å². The molecule has 0 bridgehead atoms. The molecule has 0 spiro atoms. The van der Waals surface area contributed by atoms with Gasteiger partial charge in [0.05, 0.1) is 0 Å². The largest absolute Gasteiger partial charge is 0.351 e. The van der Waals surface area contributed by atoms with E-state index in [1.54, 1.807) is 4.90 Å². The smallest absolute Gasteiger partial charge is 0.314 e. The van der Waals surface area contributed by atoms with Gasteiger partial charge < -0.3 is 16.0 Å². The summed E-state index contributed by atoms with van der Waals surface area (Å²) in [5, 5.41) is 3.06. The molecule has 1 aromatic rings. The molecule has 2 rings (SSSR count). The van der Waals surface area contributed by atoms with Crippen LogP contribution >= 0.6 is 0 Å². The van der Waals surface area contributed by atoms with E-state index in [1.165, 1.54) is 5.56 Å². The van der Waals surface area contributed by atoms with Crippen molar-refractivity contribution in [3.8, 4) is 0 Å². The van der Waals surface area contributed by atoms with E-state index in [4.69, 9.17) is 5.73 Å². The van der Waals surface area contributed by atoms with Crippen molar-refractivity contribution in [1.29, 1.82) is 0 Å². The monoisotopic (exact) mass is 303 g/mol. The van der Waals surface area contributed by atoms with Gasteiger partial charge in [0, 0.05) is 30.5 Å². The van der Waals surface area contributed by atoms with Crippen molar-refractivity contribution in [2.75, 3.05) is 13.1 Å². The molecule has 1 aromatic carbocycles. The van der Waals surface area contributed by atoms with E-state index in [2.05, 4.69) is 17.4 Å². The first-order chi connectivity index (χ1) is 10.3. The second kappa shape index (κ2) is 6.38. The molecule has 2 unspecified atom stereocenters. The van der Waals surface area contributed by atoms with Crippen molar-refractivity contribution in [3.63, 3.8) is 0 Å². The highest BCUT2D eigenvalue weighted by Crippen LogP contribution is 2.27. The molecule has 1 saturated heterocycles. The van der Waals surface area contributed by atoms with Crippen LogP contribution in [0.5, 0.6) is 0 Å². The lowest BCUT2D eigenvalue weighted by atomic mass is 9.87. The van der Waals surface area contributed by atoms with Crippen LogP contribution in [0.3, 0.4) is 0 Å². The Hall–Kier alpha value is -2.04. The summed E-state index contributed by atoms with van der Waals surface area (Å²) in [5.41, 5.74) is 6.18. The molecule has 5 heteroatoms. The fourth-order valence-corrected chi connectivity index (χ4v) is 2.75. The normalized spacial score (nSPS) is 22.2. The van der Waals surface area contributed by atoms with Crippen LogP contribution in [0.25, 0.3) is 0 Å². The molecule has 2 atom stereocenters. The average Bonchev–Trinajstić information content (AvgIpc) is 2.46. The number of benzene rings is 1. The Kier molecular flexibility index (Phi) is 4.74. The minimum Gasteiger partial charge on any atom is -0.351 e. The van der Waals surface area contributed by atoms with Gasteiger partial charge >= 0.3 is 6.03 Å². The SMILES string of the molecule is CC(C)(C)C(=O)NC1CC(c2ccccc2)CN(C(N)=O)C1. The van der Waals surface area contributed by atoms with Gasteiger partial charge in [0.1, 0.15) is 0 Å². The molecule has 3 N–H and O–H groups in total. The number of likely N-dealkylation sites (tertiary alicyclic amines) is 1. The number of hydrogen-bond acceptors (Lipinski definition) is 2. The molecule has 1 aliphatic rings. The van der Waals surface area contributed by atoms with Gasteiger partial charge in [-0.15, -0.1) is 0 Å². The lowest BCUT2D eigenvalue weighted by Crippen LogP contribution is -2.54. The minimum atomic E-state index is -0.447. The van der Waals surface area contributed by atoms with Crippen LogP contribution in [0, 0.1) is 5.41 Å². The highest BCUT2D eigenvalue weighted by atomic mass is 16.2. The van der Waals surface area contributed by atoms with Crippen LogP contribution in [0.15, 0.2) is 30.3 Å². The van der Waals surface area contributed by atoms with Gasteiger partial charge in [-0.05, 0) is 12.0 Å². The summed E-state index contributed by atoms with van der Waals surface area (Å²) in [7, 11) is 0. The standard InChI is InChI=1S/C17H25N3O2/c1-17(2,3)15(21)19-14-9-13(10-20(11-14)16(18)22)12-7-5-4-6-8-12/h4-8,13-14H,9-11H2,1-3H3,(H2,18,22)(H,19,21). The first kappa shape index (κ1) is 16.3. The molecule has 1 aliphatic heterocycles. The summed E-state index contributed by atoms with van der Waals surface area (Å²) < 4.78 is 0. The molecule has 3 amide bonds. The number of rotatable bonds is 2. The molecule has 1 heterocycles. The molecule has 0 radical (unpaired) electrons. The molecular formula is C17H25N3O2. The Balaban J connectivity index is 2.14. The Labute approximate surface area is 131 Å². The molecule has 22 heavy (non-hydrogen) atoms. The third-order valence-electron chi connectivity index (χ3n) is 4.05. The second-order valence-electron chi connectivity index (χ2n) is 7.01. The van der Waals surface area contributed by atoms with Crippen molar-refractivity contribution in [2.24, 2.45) is 11.1 Å². The van der Waals surface area contributed by atoms with E-state index >= 15 is 0 Å². The fraction of sp³-hybridized carbons (Fsp3) is 0.529. The predicted octanol–water partition coefficient (Wildman–Crippen LogP) is 2.09. The van der Waals surface area contributed by atoms with Gasteiger partial charge in [0.15, 0.2) is 0 Å². The molecule has 5 nitrogen and oxygen atoms in total. The Morgan fingerprint density at radius 2 is 1.82 bits per heavy atom. The van der Waals surface area contributed by atoms with Crippen LogP contribution in [0.2, 0.25) is 0 Å². The molecule has 0 aromatic heterocycles. The number of carbonyl (C=O) groups is 2. The summed E-state index contributed by atoms with van der Waals surface area (Å²) in [4.78, 5) is 25.4. The Morgan fingerprint density at radius 1 is 1.18 bits per heavy atom. The van der Waals surface area contributed by atoms with Crippen molar-refractivity contribution < 1.29 is 9.59 Å². The number of nitrogens with one attached hydrogen (secondary N) is 1. The molecule has 120 valence electrons. The zero-order valence-corrected chi connectivity index (χ0v) is 13.5. The van der Waals surface area contributed by atoms with Gasteiger partial charge in [-0.3, -0.25) is 4.79 Å². The summed E-state index contributed by atoms with van der Waals surface area (Å²) in [6.45, 7) is 6.71. The highest BCUT2D eigenvalue weighted by molar-refractivity contribution is 5.81. The predicted molar refractivity (Wildman–Crippen MR) is 86.3 cm³/mol. The number of amides is 3. The summed E-state index contributed by atoms with van der Waals surface area (Å²) in [5.74, 6) is 0.184. The maximum atomic E-state index is 12.2. The quantitative estimate of drug-likeness (QED) is 0.877. The third kappa shape index (κ3) is 4.00. The highest BCUT2D eigenvalue weighted by Gasteiger charge is 2.32. The third-order valence-corrected chi connectivity index (χ3v) is 4.05. The lowest BCUT2D eigenvalue weighted by Gasteiger charge is -2.38. The van der Waals surface area contributed by atoms with Crippen molar-refractivity contribution >= 4 is 11.9 Å². The van der Waals surface area contributed by atoms with Gasteiger partial charge in [0.2, 0.25) is 5.91 Å². The average molecular weight is 303 g/mol. The minimum absolute atomic E-state index is 0.00404. The van der Waals surface area contributed by atoms with E-state index in [0.29, 0.717) is 13.1 Å². The topological polar surface area (TPSA) is 75.4 Å². The van der Waals surface area contributed by atoms with Crippen LogP contribution in [0.4, 0.5) is 4.79 Å². The first-order valence-electron chi connectivity index (χ1n) is 7.67. The van der Waals surface area contributed by atoms with Gasteiger partial charge in [-0.1, -0.05) is 51.1 Å². The van der Waals surface area contributed by atoms with Crippen molar-refractivity contribution in [3.05, 3.63) is 35.9 Å². The number of piperidine rings is 1.